The van der Waals surface area contributed by atoms with E-state index in [1.54, 1.807) is 17.4 Å². The van der Waals surface area contributed by atoms with E-state index in [4.69, 9.17) is 0 Å². The third-order valence-electron chi connectivity index (χ3n) is 3.94. The maximum Gasteiger partial charge on any atom is 0.320 e. The summed E-state index contributed by atoms with van der Waals surface area (Å²) in [6, 6.07) is 9.61. The van der Waals surface area contributed by atoms with Crippen molar-refractivity contribution in [3.63, 3.8) is 0 Å². The number of rotatable bonds is 4. The Morgan fingerprint density at radius 1 is 1.41 bits per heavy atom. The van der Waals surface area contributed by atoms with Crippen LogP contribution in [0, 0.1) is 5.82 Å². The molecule has 0 amide bonds. The van der Waals surface area contributed by atoms with E-state index in [0.717, 1.165) is 20.6 Å². The zero-order valence-electron chi connectivity index (χ0n) is 11.7. The van der Waals surface area contributed by atoms with Gasteiger partial charge in [0, 0.05) is 11.4 Å². The summed E-state index contributed by atoms with van der Waals surface area (Å²) >= 11 is 5.01. The maximum absolute atomic E-state index is 13.7. The second-order valence-corrected chi connectivity index (χ2v) is 7.83. The van der Waals surface area contributed by atoms with Crippen LogP contribution in [-0.4, -0.2) is 28.6 Å². The molecule has 0 saturated carbocycles. The van der Waals surface area contributed by atoms with Gasteiger partial charge in [0.25, 0.3) is 0 Å². The highest BCUT2D eigenvalue weighted by molar-refractivity contribution is 9.11. The van der Waals surface area contributed by atoms with Crippen molar-refractivity contribution in [1.82, 2.24) is 4.90 Å². The average Bonchev–Trinajstić information content (AvgIpc) is 3.09. The first-order valence-electron chi connectivity index (χ1n) is 7.05. The van der Waals surface area contributed by atoms with Gasteiger partial charge in [-0.1, -0.05) is 12.1 Å². The minimum atomic E-state index is -0.811. The Bertz CT molecular complexity index is 690. The Kier molecular flexibility index (Phi) is 4.61. The van der Waals surface area contributed by atoms with Crippen molar-refractivity contribution in [2.75, 3.05) is 6.54 Å². The number of carbonyl (C=O) groups is 1. The number of aliphatic carboxylic acids is 1. The van der Waals surface area contributed by atoms with Gasteiger partial charge in [-0.25, -0.2) is 4.39 Å². The molecule has 1 aromatic carbocycles. The van der Waals surface area contributed by atoms with Gasteiger partial charge in [0.15, 0.2) is 0 Å². The van der Waals surface area contributed by atoms with Crippen LogP contribution < -0.4 is 0 Å². The molecule has 6 heteroatoms. The van der Waals surface area contributed by atoms with Gasteiger partial charge in [-0.3, -0.25) is 9.69 Å². The second kappa shape index (κ2) is 6.48. The van der Waals surface area contributed by atoms with Gasteiger partial charge in [0.05, 0.1) is 9.83 Å². The molecule has 116 valence electrons. The topological polar surface area (TPSA) is 40.5 Å². The van der Waals surface area contributed by atoms with Crippen molar-refractivity contribution in [3.05, 3.63) is 56.4 Å². The molecule has 1 fully saturated rings. The van der Waals surface area contributed by atoms with Gasteiger partial charge in [0.1, 0.15) is 11.9 Å². The number of nitrogens with zero attached hydrogens (tertiary/aromatic N) is 1. The Morgan fingerprint density at radius 3 is 2.86 bits per heavy atom. The van der Waals surface area contributed by atoms with Crippen LogP contribution in [0.1, 0.15) is 29.3 Å². The quantitative estimate of drug-likeness (QED) is 0.855. The van der Waals surface area contributed by atoms with Gasteiger partial charge in [-0.15, -0.1) is 11.3 Å². The van der Waals surface area contributed by atoms with E-state index < -0.39 is 12.0 Å². The standard InChI is InChI=1S/C16H15BrFNO2S/c17-14-7-6-13(22-14)15(10-3-1-4-11(18)9-10)19-8-2-5-12(19)16(20)21/h1,3-4,6-7,9,12,15H,2,5,8H2,(H,20,21). The number of likely N-dealkylation sites (tertiary alicyclic amines) is 1. The number of hydrogen-bond donors (Lipinski definition) is 1. The highest BCUT2D eigenvalue weighted by Crippen LogP contribution is 2.39. The molecule has 1 N–H and O–H groups in total. The second-order valence-electron chi connectivity index (χ2n) is 5.33. The fourth-order valence-corrected chi connectivity index (χ4v) is 4.61. The lowest BCUT2D eigenvalue weighted by Crippen LogP contribution is -2.39. The average molecular weight is 384 g/mol. The first kappa shape index (κ1) is 15.6. The molecule has 0 spiro atoms. The summed E-state index contributed by atoms with van der Waals surface area (Å²) in [4.78, 5) is 14.5. The van der Waals surface area contributed by atoms with E-state index in [1.807, 2.05) is 23.1 Å². The monoisotopic (exact) mass is 383 g/mol. The van der Waals surface area contributed by atoms with Crippen LogP contribution in [-0.2, 0) is 4.79 Å². The lowest BCUT2D eigenvalue weighted by Gasteiger charge is -2.31. The van der Waals surface area contributed by atoms with Crippen LogP contribution in [0.25, 0.3) is 0 Å². The van der Waals surface area contributed by atoms with Gasteiger partial charge in [-0.2, -0.15) is 0 Å². The summed E-state index contributed by atoms with van der Waals surface area (Å²) < 4.78 is 14.6. The van der Waals surface area contributed by atoms with Crippen molar-refractivity contribution in [1.29, 1.82) is 0 Å². The Labute approximate surface area is 140 Å². The number of benzene rings is 1. The van der Waals surface area contributed by atoms with Gasteiger partial charge >= 0.3 is 5.97 Å². The first-order chi connectivity index (χ1) is 10.6. The number of thiophene rings is 1. The third kappa shape index (κ3) is 3.09. The van der Waals surface area contributed by atoms with Crippen LogP contribution in [0.4, 0.5) is 4.39 Å². The molecule has 2 atom stereocenters. The van der Waals surface area contributed by atoms with E-state index in [2.05, 4.69) is 15.9 Å². The Balaban J connectivity index is 2.05. The van der Waals surface area contributed by atoms with Crippen molar-refractivity contribution in [3.8, 4) is 0 Å². The smallest absolute Gasteiger partial charge is 0.320 e. The molecule has 22 heavy (non-hydrogen) atoms. The first-order valence-corrected chi connectivity index (χ1v) is 8.66. The number of carboxylic acid groups (broad SMARTS) is 1. The van der Waals surface area contributed by atoms with E-state index >= 15 is 0 Å². The molecule has 1 saturated heterocycles. The normalized spacial score (nSPS) is 20.2. The van der Waals surface area contributed by atoms with Crippen LogP contribution in [0.3, 0.4) is 0 Å². The predicted molar refractivity (Wildman–Crippen MR) is 87.6 cm³/mol. The predicted octanol–water partition coefficient (Wildman–Crippen LogP) is 4.29. The molecule has 1 aliphatic heterocycles. The lowest BCUT2D eigenvalue weighted by molar-refractivity contribution is -0.142. The fourth-order valence-electron chi connectivity index (χ4n) is 3.03. The van der Waals surface area contributed by atoms with Crippen molar-refractivity contribution in [2.24, 2.45) is 0 Å². The SMILES string of the molecule is O=C(O)C1CCCN1C(c1cccc(F)c1)c1ccc(Br)s1. The minimum absolute atomic E-state index is 0.226. The molecule has 2 unspecified atom stereocenters. The molecule has 3 rings (SSSR count). The van der Waals surface area contributed by atoms with E-state index in [0.29, 0.717) is 13.0 Å². The van der Waals surface area contributed by atoms with E-state index in [1.165, 1.54) is 12.1 Å². The molecule has 0 aliphatic carbocycles. The molecule has 3 nitrogen and oxygen atoms in total. The highest BCUT2D eigenvalue weighted by atomic mass is 79.9. The van der Waals surface area contributed by atoms with Gasteiger partial charge < -0.3 is 5.11 Å². The van der Waals surface area contributed by atoms with Gasteiger partial charge in [0.2, 0.25) is 0 Å². The molecule has 1 aromatic heterocycles. The molecule has 0 radical (unpaired) electrons. The summed E-state index contributed by atoms with van der Waals surface area (Å²) in [5.41, 5.74) is 0.794. The number of hydrogen-bond acceptors (Lipinski definition) is 3. The fraction of sp³-hybridized carbons (Fsp3) is 0.312. The lowest BCUT2D eigenvalue weighted by atomic mass is 10.0. The number of halogens is 2. The maximum atomic E-state index is 13.7. The zero-order chi connectivity index (χ0) is 15.7. The zero-order valence-corrected chi connectivity index (χ0v) is 14.1. The molecular weight excluding hydrogens is 369 g/mol. The molecular formula is C16H15BrFNO2S. The minimum Gasteiger partial charge on any atom is -0.480 e. The molecule has 2 aromatic rings. The summed E-state index contributed by atoms with van der Waals surface area (Å²) in [7, 11) is 0. The van der Waals surface area contributed by atoms with Crippen LogP contribution in [0.2, 0.25) is 0 Å². The summed E-state index contributed by atoms with van der Waals surface area (Å²) in [5, 5.41) is 9.46. The number of carboxylic acids is 1. The largest absolute Gasteiger partial charge is 0.480 e. The summed E-state index contributed by atoms with van der Waals surface area (Å²) in [6.07, 6.45) is 1.48. The van der Waals surface area contributed by atoms with Crippen molar-refractivity contribution < 1.29 is 14.3 Å². The molecule has 0 bridgehead atoms. The Hall–Kier alpha value is -1.24. The third-order valence-corrected chi connectivity index (χ3v) is 5.61. The van der Waals surface area contributed by atoms with Crippen LogP contribution >= 0.6 is 27.3 Å². The summed E-state index contributed by atoms with van der Waals surface area (Å²) in [5.74, 6) is -1.11. The highest BCUT2D eigenvalue weighted by Gasteiger charge is 2.37. The Morgan fingerprint density at radius 2 is 2.23 bits per heavy atom. The van der Waals surface area contributed by atoms with Crippen LogP contribution in [0.5, 0.6) is 0 Å². The van der Waals surface area contributed by atoms with E-state index in [9.17, 15) is 14.3 Å². The van der Waals surface area contributed by atoms with Crippen molar-refractivity contribution >= 4 is 33.2 Å². The van der Waals surface area contributed by atoms with E-state index in [-0.39, 0.29) is 11.9 Å². The summed E-state index contributed by atoms with van der Waals surface area (Å²) in [6.45, 7) is 0.702. The van der Waals surface area contributed by atoms with Crippen LogP contribution in [0.15, 0.2) is 40.2 Å². The van der Waals surface area contributed by atoms with Gasteiger partial charge in [-0.05, 0) is 58.6 Å². The van der Waals surface area contributed by atoms with Crippen molar-refractivity contribution in [2.45, 2.75) is 24.9 Å². The molecule has 2 heterocycles. The molecule has 1 aliphatic rings.